The molecule has 1 aliphatic rings. The first kappa shape index (κ1) is 17.6. The van der Waals surface area contributed by atoms with Gasteiger partial charge in [0.1, 0.15) is 5.75 Å². The Morgan fingerprint density at radius 1 is 1.22 bits per heavy atom. The zero-order valence-electron chi connectivity index (χ0n) is 14.3. The van der Waals surface area contributed by atoms with Crippen LogP contribution in [0.15, 0.2) is 24.3 Å². The molecule has 2 N–H and O–H groups in total. The number of urea groups is 1. The van der Waals surface area contributed by atoms with E-state index in [1.54, 1.807) is 4.90 Å². The van der Waals surface area contributed by atoms with Gasteiger partial charge in [-0.1, -0.05) is 32.4 Å². The highest BCUT2D eigenvalue weighted by Crippen LogP contribution is 2.15. The Hall–Kier alpha value is -1.75. The van der Waals surface area contributed by atoms with Gasteiger partial charge in [-0.3, -0.25) is 4.90 Å². The second-order valence-electron chi connectivity index (χ2n) is 6.39. The van der Waals surface area contributed by atoms with Gasteiger partial charge in [0.05, 0.1) is 6.61 Å². The van der Waals surface area contributed by atoms with E-state index in [-0.39, 0.29) is 6.03 Å². The lowest BCUT2D eigenvalue weighted by Gasteiger charge is -2.33. The summed E-state index contributed by atoms with van der Waals surface area (Å²) in [6, 6.07) is 8.10. The third-order valence-electron chi connectivity index (χ3n) is 4.56. The summed E-state index contributed by atoms with van der Waals surface area (Å²) >= 11 is 0. The fourth-order valence-electron chi connectivity index (χ4n) is 2.59. The van der Waals surface area contributed by atoms with Crippen molar-refractivity contribution in [3.05, 3.63) is 29.8 Å². The summed E-state index contributed by atoms with van der Waals surface area (Å²) in [4.78, 5) is 15.2. The van der Waals surface area contributed by atoms with Crippen molar-refractivity contribution in [1.82, 2.24) is 9.80 Å². The van der Waals surface area contributed by atoms with Crippen LogP contribution >= 0.6 is 0 Å². The number of hydrogen-bond donors (Lipinski definition) is 1. The Labute approximate surface area is 139 Å². The summed E-state index contributed by atoms with van der Waals surface area (Å²) in [5, 5.41) is 0. The van der Waals surface area contributed by atoms with Crippen LogP contribution in [-0.2, 0) is 6.42 Å². The highest BCUT2D eigenvalue weighted by atomic mass is 16.5. The van der Waals surface area contributed by atoms with Crippen molar-refractivity contribution in [2.75, 3.05) is 39.3 Å². The molecule has 1 aromatic rings. The van der Waals surface area contributed by atoms with E-state index < -0.39 is 0 Å². The minimum atomic E-state index is -0.308. The van der Waals surface area contributed by atoms with Gasteiger partial charge in [-0.2, -0.15) is 0 Å². The number of nitrogens with two attached hydrogens (primary N) is 1. The first-order valence-corrected chi connectivity index (χ1v) is 8.57. The Bertz CT molecular complexity index is 482. The summed E-state index contributed by atoms with van der Waals surface area (Å²) in [6.07, 6.45) is 2.16. The molecule has 1 saturated heterocycles. The molecule has 1 aliphatic heterocycles. The number of hydrogen-bond acceptors (Lipinski definition) is 3. The van der Waals surface area contributed by atoms with Crippen LogP contribution < -0.4 is 10.5 Å². The maximum absolute atomic E-state index is 11.1. The van der Waals surface area contributed by atoms with Gasteiger partial charge < -0.3 is 15.4 Å². The van der Waals surface area contributed by atoms with Crippen LogP contribution in [0, 0.1) is 5.92 Å². The van der Waals surface area contributed by atoms with Crippen molar-refractivity contribution in [1.29, 1.82) is 0 Å². The number of carbonyl (C=O) groups excluding carboxylic acids is 1. The van der Waals surface area contributed by atoms with Gasteiger partial charge in [0.15, 0.2) is 0 Å². The smallest absolute Gasteiger partial charge is 0.314 e. The lowest BCUT2D eigenvalue weighted by atomic mass is 10.1. The predicted octanol–water partition coefficient (Wildman–Crippen LogP) is 2.35. The van der Waals surface area contributed by atoms with Gasteiger partial charge in [0.2, 0.25) is 0 Å². The fourth-order valence-corrected chi connectivity index (χ4v) is 2.59. The van der Waals surface area contributed by atoms with Crippen molar-refractivity contribution in [2.24, 2.45) is 11.7 Å². The minimum absolute atomic E-state index is 0.308. The average Bonchev–Trinajstić information content (AvgIpc) is 2.59. The second kappa shape index (κ2) is 8.77. The molecule has 0 spiro atoms. The second-order valence-corrected chi connectivity index (χ2v) is 6.39. The number of primary amides is 1. The molecule has 0 aliphatic carbocycles. The molecule has 2 amide bonds. The maximum Gasteiger partial charge on any atom is 0.314 e. The van der Waals surface area contributed by atoms with Gasteiger partial charge in [0, 0.05) is 32.7 Å². The molecular formula is C18H29N3O2. The third kappa shape index (κ3) is 5.75. The van der Waals surface area contributed by atoms with E-state index in [2.05, 4.69) is 43.0 Å². The molecule has 0 aromatic heterocycles. The van der Waals surface area contributed by atoms with Crippen LogP contribution in [0.25, 0.3) is 0 Å². The van der Waals surface area contributed by atoms with Crippen LogP contribution in [0.1, 0.15) is 25.8 Å². The Morgan fingerprint density at radius 2 is 1.87 bits per heavy atom. The fraction of sp³-hybridized carbons (Fsp3) is 0.611. The first-order valence-electron chi connectivity index (χ1n) is 8.57. The number of nitrogens with zero attached hydrogens (tertiary/aromatic N) is 2. The van der Waals surface area contributed by atoms with Crippen molar-refractivity contribution in [2.45, 2.75) is 26.7 Å². The lowest BCUT2D eigenvalue weighted by molar-refractivity contribution is 0.146. The van der Waals surface area contributed by atoms with E-state index in [4.69, 9.17) is 10.5 Å². The van der Waals surface area contributed by atoms with Gasteiger partial charge in [-0.05, 0) is 30.0 Å². The summed E-state index contributed by atoms with van der Waals surface area (Å²) in [6.45, 7) is 9.44. The molecule has 0 unspecified atom stereocenters. The highest BCUT2D eigenvalue weighted by molar-refractivity contribution is 5.72. The van der Waals surface area contributed by atoms with Crippen LogP contribution in [0.4, 0.5) is 4.79 Å². The quantitative estimate of drug-likeness (QED) is 0.839. The molecular weight excluding hydrogens is 290 g/mol. The molecule has 5 nitrogen and oxygen atoms in total. The van der Waals surface area contributed by atoms with Crippen LogP contribution in [0.2, 0.25) is 0 Å². The number of ether oxygens (including phenoxy) is 1. The number of amides is 2. The van der Waals surface area contributed by atoms with E-state index in [1.165, 1.54) is 5.56 Å². The lowest BCUT2D eigenvalue weighted by Crippen LogP contribution is -2.50. The minimum Gasteiger partial charge on any atom is -0.493 e. The largest absolute Gasteiger partial charge is 0.493 e. The molecule has 1 atom stereocenters. The van der Waals surface area contributed by atoms with Gasteiger partial charge in [-0.15, -0.1) is 0 Å². The molecule has 1 heterocycles. The van der Waals surface area contributed by atoms with Gasteiger partial charge >= 0.3 is 6.03 Å². The third-order valence-corrected chi connectivity index (χ3v) is 4.56. The topological polar surface area (TPSA) is 58.8 Å². The maximum atomic E-state index is 11.1. The number of carbonyl (C=O) groups is 1. The summed E-state index contributed by atoms with van der Waals surface area (Å²) < 4.78 is 5.78. The monoisotopic (exact) mass is 319 g/mol. The zero-order valence-corrected chi connectivity index (χ0v) is 14.3. The Kier molecular flexibility index (Phi) is 6.71. The predicted molar refractivity (Wildman–Crippen MR) is 92.7 cm³/mol. The summed E-state index contributed by atoms with van der Waals surface area (Å²) in [7, 11) is 0. The van der Waals surface area contributed by atoms with Crippen LogP contribution in [0.5, 0.6) is 5.75 Å². The van der Waals surface area contributed by atoms with Crippen molar-refractivity contribution >= 4 is 6.03 Å². The summed E-state index contributed by atoms with van der Waals surface area (Å²) in [5.41, 5.74) is 6.62. The standard InChI is InChI=1S/C18H29N3O2/c1-3-15(2)14-23-17-6-4-16(5-7-17)8-9-20-10-12-21(13-11-20)18(19)22/h4-7,15H,3,8-14H2,1-2H3,(H2,19,22)/t15-/m0/s1. The van der Waals surface area contributed by atoms with Crippen molar-refractivity contribution in [3.63, 3.8) is 0 Å². The van der Waals surface area contributed by atoms with E-state index in [0.29, 0.717) is 5.92 Å². The number of rotatable bonds is 7. The molecule has 0 radical (unpaired) electrons. The first-order chi connectivity index (χ1) is 11.1. The molecule has 5 heteroatoms. The number of benzene rings is 1. The van der Waals surface area contributed by atoms with Crippen LogP contribution in [0.3, 0.4) is 0 Å². The van der Waals surface area contributed by atoms with E-state index in [1.807, 2.05) is 0 Å². The molecule has 0 saturated carbocycles. The van der Waals surface area contributed by atoms with Crippen LogP contribution in [-0.4, -0.2) is 55.2 Å². The van der Waals surface area contributed by atoms with Gasteiger partial charge in [-0.25, -0.2) is 4.79 Å². The molecule has 23 heavy (non-hydrogen) atoms. The van der Waals surface area contributed by atoms with E-state index in [0.717, 1.165) is 57.9 Å². The summed E-state index contributed by atoms with van der Waals surface area (Å²) in [5.74, 6) is 1.54. The number of piperazine rings is 1. The highest BCUT2D eigenvalue weighted by Gasteiger charge is 2.18. The molecule has 2 rings (SSSR count). The zero-order chi connectivity index (χ0) is 16.7. The average molecular weight is 319 g/mol. The van der Waals surface area contributed by atoms with Gasteiger partial charge in [0.25, 0.3) is 0 Å². The van der Waals surface area contributed by atoms with Crippen molar-refractivity contribution < 1.29 is 9.53 Å². The van der Waals surface area contributed by atoms with Crippen molar-refractivity contribution in [3.8, 4) is 5.75 Å². The Balaban J connectivity index is 1.71. The molecule has 1 aromatic carbocycles. The Morgan fingerprint density at radius 3 is 2.43 bits per heavy atom. The van der Waals surface area contributed by atoms with E-state index >= 15 is 0 Å². The van der Waals surface area contributed by atoms with E-state index in [9.17, 15) is 4.79 Å². The molecule has 0 bridgehead atoms. The normalized spacial score (nSPS) is 17.0. The SMILES string of the molecule is CC[C@H](C)COc1ccc(CCN2CCN(C(N)=O)CC2)cc1. The molecule has 1 fully saturated rings. The molecule has 128 valence electrons.